The first kappa shape index (κ1) is 11.8. The monoisotopic (exact) mass is 278 g/mol. The maximum Gasteiger partial charge on any atom is 0.192 e. The summed E-state index contributed by atoms with van der Waals surface area (Å²) < 4.78 is 5.13. The highest BCUT2D eigenvalue weighted by Crippen LogP contribution is 2.18. The number of halogens is 1. The van der Waals surface area contributed by atoms with Crippen LogP contribution in [0.1, 0.15) is 20.8 Å². The molecule has 68 valence electrons. The number of rotatable bonds is 4. The van der Waals surface area contributed by atoms with Gasteiger partial charge in [-0.1, -0.05) is 38.7 Å². The molecule has 2 heteroatoms. The van der Waals surface area contributed by atoms with Gasteiger partial charge in [0.1, 0.15) is 5.76 Å². The first-order chi connectivity index (χ1) is 5.63. The highest BCUT2D eigenvalue weighted by atomic mass is 127. The highest BCUT2D eigenvalue weighted by molar-refractivity contribution is 14.1. The van der Waals surface area contributed by atoms with E-state index < -0.39 is 0 Å². The van der Waals surface area contributed by atoms with E-state index in [4.69, 9.17) is 3.07 Å². The summed E-state index contributed by atoms with van der Waals surface area (Å²) in [6.45, 7) is 9.87. The Kier molecular flexibility index (Phi) is 6.16. The molecule has 0 fully saturated rings. The SMILES string of the molecule is C=C/C=C\C(=C(/C)OI)C(C)C. The largest absolute Gasteiger partial charge is 0.432 e. The maximum atomic E-state index is 5.13. The van der Waals surface area contributed by atoms with Crippen LogP contribution in [0.2, 0.25) is 0 Å². The molecule has 0 atom stereocenters. The summed E-state index contributed by atoms with van der Waals surface area (Å²) in [5.74, 6) is 1.44. The number of hydrogen-bond acceptors (Lipinski definition) is 1. The van der Waals surface area contributed by atoms with Gasteiger partial charge in [-0.05, 0) is 18.4 Å². The second-order valence-corrected chi connectivity index (χ2v) is 3.28. The second-order valence-electron chi connectivity index (χ2n) is 2.84. The van der Waals surface area contributed by atoms with Gasteiger partial charge in [0.25, 0.3) is 0 Å². The van der Waals surface area contributed by atoms with Crippen LogP contribution in [-0.2, 0) is 3.07 Å². The van der Waals surface area contributed by atoms with Crippen molar-refractivity contribution in [1.82, 2.24) is 0 Å². The van der Waals surface area contributed by atoms with Crippen molar-refractivity contribution in [1.29, 1.82) is 0 Å². The van der Waals surface area contributed by atoms with Gasteiger partial charge in [-0.15, -0.1) is 0 Å². The molecule has 0 rings (SSSR count). The fourth-order valence-corrected chi connectivity index (χ4v) is 1.19. The van der Waals surface area contributed by atoms with Crippen molar-refractivity contribution in [3.8, 4) is 0 Å². The molecule has 0 aliphatic rings. The Morgan fingerprint density at radius 2 is 2.08 bits per heavy atom. The van der Waals surface area contributed by atoms with E-state index in [1.54, 1.807) is 6.08 Å². The Morgan fingerprint density at radius 3 is 2.42 bits per heavy atom. The van der Waals surface area contributed by atoms with Crippen LogP contribution >= 0.6 is 23.0 Å². The van der Waals surface area contributed by atoms with Gasteiger partial charge in [-0.3, -0.25) is 0 Å². The molecule has 0 radical (unpaired) electrons. The summed E-state index contributed by atoms with van der Waals surface area (Å²) in [6.07, 6.45) is 5.73. The number of hydrogen-bond donors (Lipinski definition) is 0. The van der Waals surface area contributed by atoms with Crippen LogP contribution in [0.5, 0.6) is 0 Å². The molecule has 1 nitrogen and oxygen atoms in total. The van der Waals surface area contributed by atoms with E-state index in [1.165, 1.54) is 5.57 Å². The van der Waals surface area contributed by atoms with Gasteiger partial charge in [0.05, 0.1) is 0 Å². The van der Waals surface area contributed by atoms with Crippen molar-refractivity contribution >= 4 is 23.0 Å². The average molecular weight is 278 g/mol. The predicted octanol–water partition coefficient (Wildman–Crippen LogP) is 4.03. The van der Waals surface area contributed by atoms with Crippen molar-refractivity contribution < 1.29 is 3.07 Å². The summed E-state index contributed by atoms with van der Waals surface area (Å²) in [7, 11) is 0. The van der Waals surface area contributed by atoms with Gasteiger partial charge in [0.15, 0.2) is 23.0 Å². The zero-order chi connectivity index (χ0) is 9.56. The summed E-state index contributed by atoms with van der Waals surface area (Å²) in [5, 5.41) is 0. The molecule has 0 amide bonds. The topological polar surface area (TPSA) is 9.23 Å². The molecule has 0 aromatic heterocycles. The molecular weight excluding hydrogens is 263 g/mol. The van der Waals surface area contributed by atoms with Crippen LogP contribution < -0.4 is 0 Å². The molecule has 0 aromatic carbocycles. The minimum atomic E-state index is 0.482. The van der Waals surface area contributed by atoms with Crippen LogP contribution in [0.15, 0.2) is 36.1 Å². The smallest absolute Gasteiger partial charge is 0.192 e. The molecule has 0 aliphatic carbocycles. The molecule has 0 heterocycles. The highest BCUT2D eigenvalue weighted by Gasteiger charge is 2.03. The van der Waals surface area contributed by atoms with Gasteiger partial charge in [-0.25, -0.2) is 0 Å². The van der Waals surface area contributed by atoms with Gasteiger partial charge >= 0.3 is 0 Å². The molecule has 0 spiro atoms. The van der Waals surface area contributed by atoms with Crippen LogP contribution in [0.4, 0.5) is 0 Å². The molecule has 0 saturated heterocycles. The third kappa shape index (κ3) is 3.95. The average Bonchev–Trinajstić information content (AvgIpc) is 2.04. The molecule has 0 saturated carbocycles. The van der Waals surface area contributed by atoms with Crippen LogP contribution in [0, 0.1) is 5.92 Å². The second kappa shape index (κ2) is 6.29. The van der Waals surface area contributed by atoms with Crippen molar-refractivity contribution in [2.45, 2.75) is 20.8 Å². The lowest BCUT2D eigenvalue weighted by Gasteiger charge is -2.08. The van der Waals surface area contributed by atoms with Gasteiger partial charge in [0, 0.05) is 0 Å². The van der Waals surface area contributed by atoms with Crippen LogP contribution in [-0.4, -0.2) is 0 Å². The lowest BCUT2D eigenvalue weighted by molar-refractivity contribution is 0.541. The number of allylic oxidation sites excluding steroid dienone is 5. The lowest BCUT2D eigenvalue weighted by Crippen LogP contribution is -1.94. The maximum absolute atomic E-state index is 5.13. The standard InChI is InChI=1S/C10H15IO/c1-5-6-7-10(8(2)3)9(4)12-11/h5-8H,1H2,2-4H3/b7-6-,10-9-. The van der Waals surface area contributed by atoms with E-state index in [1.807, 2.05) is 42.1 Å². The van der Waals surface area contributed by atoms with Gasteiger partial charge < -0.3 is 3.07 Å². The lowest BCUT2D eigenvalue weighted by atomic mass is 10.0. The van der Waals surface area contributed by atoms with E-state index in [0.29, 0.717) is 5.92 Å². The van der Waals surface area contributed by atoms with Crippen molar-refractivity contribution in [2.75, 3.05) is 0 Å². The normalized spacial score (nSPS) is 13.4. The molecule has 0 aromatic rings. The molecule has 12 heavy (non-hydrogen) atoms. The Hall–Kier alpha value is -0.250. The third-order valence-electron chi connectivity index (χ3n) is 1.56. The summed E-state index contributed by atoms with van der Waals surface area (Å²) in [6, 6.07) is 0. The zero-order valence-corrected chi connectivity index (χ0v) is 9.96. The van der Waals surface area contributed by atoms with Crippen LogP contribution in [0.25, 0.3) is 0 Å². The zero-order valence-electron chi connectivity index (χ0n) is 7.80. The van der Waals surface area contributed by atoms with Crippen molar-refractivity contribution in [3.63, 3.8) is 0 Å². The first-order valence-corrected chi connectivity index (χ1v) is 4.80. The summed E-state index contributed by atoms with van der Waals surface area (Å²) in [5.41, 5.74) is 1.21. The van der Waals surface area contributed by atoms with Crippen molar-refractivity contribution in [3.05, 3.63) is 36.1 Å². The Morgan fingerprint density at radius 1 is 1.50 bits per heavy atom. The molecule has 0 unspecified atom stereocenters. The minimum Gasteiger partial charge on any atom is -0.432 e. The van der Waals surface area contributed by atoms with Crippen LogP contribution in [0.3, 0.4) is 0 Å². The van der Waals surface area contributed by atoms with E-state index in [-0.39, 0.29) is 0 Å². The van der Waals surface area contributed by atoms with Crippen molar-refractivity contribution in [2.24, 2.45) is 5.92 Å². The van der Waals surface area contributed by atoms with E-state index in [0.717, 1.165) is 5.76 Å². The summed E-state index contributed by atoms with van der Waals surface area (Å²) >= 11 is 1.90. The van der Waals surface area contributed by atoms with Gasteiger partial charge in [-0.2, -0.15) is 0 Å². The molecular formula is C10H15IO. The molecule has 0 N–H and O–H groups in total. The Bertz CT molecular complexity index is 202. The molecule has 0 bridgehead atoms. The molecule has 0 aliphatic heterocycles. The van der Waals surface area contributed by atoms with E-state index in [9.17, 15) is 0 Å². The first-order valence-electron chi connectivity index (χ1n) is 3.92. The fraction of sp³-hybridized carbons (Fsp3) is 0.400. The summed E-state index contributed by atoms with van der Waals surface area (Å²) in [4.78, 5) is 0. The Labute approximate surface area is 88.9 Å². The third-order valence-corrected chi connectivity index (χ3v) is 2.22. The minimum absolute atomic E-state index is 0.482. The predicted molar refractivity (Wildman–Crippen MR) is 62.0 cm³/mol. The Balaban J connectivity index is 4.65. The van der Waals surface area contributed by atoms with E-state index >= 15 is 0 Å². The fourth-order valence-electron chi connectivity index (χ4n) is 0.933. The quantitative estimate of drug-likeness (QED) is 0.428. The van der Waals surface area contributed by atoms with Gasteiger partial charge in [0.2, 0.25) is 0 Å². The van der Waals surface area contributed by atoms with E-state index in [2.05, 4.69) is 20.4 Å².